The van der Waals surface area contributed by atoms with Gasteiger partial charge in [-0.25, -0.2) is 0 Å². The van der Waals surface area contributed by atoms with Crippen molar-refractivity contribution in [2.45, 2.75) is 13.3 Å². The Balaban J connectivity index is 2.13. The maximum atomic E-state index is 12.1. The number of aromatic nitrogens is 1. The van der Waals surface area contributed by atoms with E-state index in [0.717, 1.165) is 10.5 Å². The fraction of sp³-hybridized carbons (Fsp3) is 0.286. The van der Waals surface area contributed by atoms with E-state index in [1.165, 1.54) is 0 Å². The Bertz CT molecular complexity index is 566. The Hall–Kier alpha value is -2.50. The van der Waals surface area contributed by atoms with E-state index in [9.17, 15) is 14.4 Å². The second-order valence-electron chi connectivity index (χ2n) is 4.22. The second kappa shape index (κ2) is 6.10. The summed E-state index contributed by atoms with van der Waals surface area (Å²) in [7, 11) is 0. The van der Waals surface area contributed by atoms with Crippen LogP contribution in [0.2, 0.25) is 0 Å². The minimum absolute atomic E-state index is 0.00681. The zero-order valence-electron chi connectivity index (χ0n) is 11.0. The lowest BCUT2D eigenvalue weighted by molar-refractivity contribution is -0.151. The molecular formula is C14H14N2O4. The van der Waals surface area contributed by atoms with Gasteiger partial charge in [-0.05, 0) is 24.6 Å². The van der Waals surface area contributed by atoms with Crippen LogP contribution in [-0.4, -0.2) is 40.8 Å². The third-order valence-electron chi connectivity index (χ3n) is 2.78. The molecule has 0 aliphatic carbocycles. The summed E-state index contributed by atoms with van der Waals surface area (Å²) in [4.78, 5) is 40.0. The van der Waals surface area contributed by atoms with Crippen molar-refractivity contribution in [3.8, 4) is 0 Å². The number of carbonyl (C=O) groups excluding carboxylic acids is 3. The van der Waals surface area contributed by atoms with Crippen LogP contribution in [0.15, 0.2) is 30.1 Å². The van der Waals surface area contributed by atoms with Gasteiger partial charge in [0, 0.05) is 18.0 Å². The van der Waals surface area contributed by atoms with Crippen molar-refractivity contribution in [2.75, 3.05) is 13.2 Å². The van der Waals surface area contributed by atoms with Crippen LogP contribution in [0.1, 0.15) is 18.9 Å². The Morgan fingerprint density at radius 2 is 2.30 bits per heavy atom. The van der Waals surface area contributed by atoms with E-state index in [1.54, 1.807) is 37.5 Å². The van der Waals surface area contributed by atoms with Crippen molar-refractivity contribution in [1.29, 1.82) is 0 Å². The molecule has 1 saturated heterocycles. The molecule has 1 fully saturated rings. The minimum Gasteiger partial charge on any atom is -0.465 e. The highest BCUT2D eigenvalue weighted by molar-refractivity contribution is 6.16. The average Bonchev–Trinajstić information content (AvgIpc) is 2.68. The lowest BCUT2D eigenvalue weighted by Crippen LogP contribution is -2.35. The van der Waals surface area contributed by atoms with E-state index in [0.29, 0.717) is 5.57 Å². The second-order valence-corrected chi connectivity index (χ2v) is 4.22. The van der Waals surface area contributed by atoms with Crippen LogP contribution >= 0.6 is 0 Å². The molecule has 20 heavy (non-hydrogen) atoms. The molecule has 2 amide bonds. The molecule has 0 aromatic carbocycles. The number of hydrogen-bond acceptors (Lipinski definition) is 5. The van der Waals surface area contributed by atoms with Crippen LogP contribution in [0.3, 0.4) is 0 Å². The summed E-state index contributed by atoms with van der Waals surface area (Å²) >= 11 is 0. The van der Waals surface area contributed by atoms with Crippen molar-refractivity contribution in [3.05, 3.63) is 35.7 Å². The number of pyridine rings is 1. The van der Waals surface area contributed by atoms with E-state index < -0.39 is 17.8 Å². The predicted molar refractivity (Wildman–Crippen MR) is 70.2 cm³/mol. The lowest BCUT2D eigenvalue weighted by Gasteiger charge is -2.11. The average molecular weight is 274 g/mol. The van der Waals surface area contributed by atoms with Crippen LogP contribution in [0.4, 0.5) is 0 Å². The number of imide groups is 1. The molecule has 1 aromatic rings. The van der Waals surface area contributed by atoms with Gasteiger partial charge in [-0.2, -0.15) is 0 Å². The molecule has 2 heterocycles. The van der Waals surface area contributed by atoms with Gasteiger partial charge in [0.1, 0.15) is 6.54 Å². The van der Waals surface area contributed by atoms with Gasteiger partial charge in [0.05, 0.1) is 13.0 Å². The van der Waals surface area contributed by atoms with Gasteiger partial charge in [-0.15, -0.1) is 0 Å². The first-order valence-corrected chi connectivity index (χ1v) is 6.22. The highest BCUT2D eigenvalue weighted by Crippen LogP contribution is 2.21. The number of hydrogen-bond donors (Lipinski definition) is 0. The van der Waals surface area contributed by atoms with Gasteiger partial charge >= 0.3 is 5.97 Å². The lowest BCUT2D eigenvalue weighted by atomic mass is 10.1. The first kappa shape index (κ1) is 13.9. The number of rotatable bonds is 4. The Morgan fingerprint density at radius 3 is 2.95 bits per heavy atom. The highest BCUT2D eigenvalue weighted by atomic mass is 16.5. The molecule has 6 heteroatoms. The zero-order valence-corrected chi connectivity index (χ0v) is 11.0. The maximum Gasteiger partial charge on any atom is 0.326 e. The smallest absolute Gasteiger partial charge is 0.326 e. The molecule has 1 aromatic heterocycles. The van der Waals surface area contributed by atoms with Crippen molar-refractivity contribution < 1.29 is 19.1 Å². The van der Waals surface area contributed by atoms with Gasteiger partial charge in [-0.3, -0.25) is 24.3 Å². The number of carbonyl (C=O) groups is 3. The molecule has 0 saturated carbocycles. The monoisotopic (exact) mass is 274 g/mol. The Kier molecular flexibility index (Phi) is 4.24. The number of esters is 1. The molecule has 1 aliphatic heterocycles. The summed E-state index contributed by atoms with van der Waals surface area (Å²) in [5.41, 5.74) is 1.09. The fourth-order valence-electron chi connectivity index (χ4n) is 1.89. The van der Waals surface area contributed by atoms with Crippen LogP contribution in [0, 0.1) is 0 Å². The quantitative estimate of drug-likeness (QED) is 0.461. The van der Waals surface area contributed by atoms with E-state index in [-0.39, 0.29) is 19.6 Å². The molecular weight excluding hydrogens is 260 g/mol. The number of likely N-dealkylation sites (tertiary alicyclic amines) is 1. The van der Waals surface area contributed by atoms with E-state index in [4.69, 9.17) is 4.74 Å². The molecule has 0 spiro atoms. The van der Waals surface area contributed by atoms with E-state index in [2.05, 4.69) is 4.98 Å². The minimum atomic E-state index is -0.586. The summed E-state index contributed by atoms with van der Waals surface area (Å²) in [6.07, 6.45) is 4.82. The van der Waals surface area contributed by atoms with Gasteiger partial charge < -0.3 is 4.74 Å². The van der Waals surface area contributed by atoms with Gasteiger partial charge in [0.25, 0.3) is 5.91 Å². The summed E-state index contributed by atoms with van der Waals surface area (Å²) in [5.74, 6) is -1.43. The highest BCUT2D eigenvalue weighted by Gasteiger charge is 2.35. The normalized spacial score (nSPS) is 16.9. The molecule has 0 N–H and O–H groups in total. The third kappa shape index (κ3) is 3.09. The summed E-state index contributed by atoms with van der Waals surface area (Å²) in [6.45, 7) is 1.54. The summed E-state index contributed by atoms with van der Waals surface area (Å²) < 4.78 is 4.74. The third-order valence-corrected chi connectivity index (χ3v) is 2.78. The van der Waals surface area contributed by atoms with Crippen LogP contribution < -0.4 is 0 Å². The first-order valence-electron chi connectivity index (χ1n) is 6.22. The summed E-state index contributed by atoms with van der Waals surface area (Å²) in [5, 5.41) is 0. The summed E-state index contributed by atoms with van der Waals surface area (Å²) in [6, 6.07) is 3.52. The van der Waals surface area contributed by atoms with Crippen molar-refractivity contribution >= 4 is 23.9 Å². The van der Waals surface area contributed by atoms with Crippen molar-refractivity contribution in [2.24, 2.45) is 0 Å². The molecule has 104 valence electrons. The van der Waals surface area contributed by atoms with Crippen molar-refractivity contribution in [3.63, 3.8) is 0 Å². The van der Waals surface area contributed by atoms with Crippen LogP contribution in [-0.2, 0) is 19.1 Å². The molecule has 0 atom stereocenters. The van der Waals surface area contributed by atoms with E-state index in [1.807, 2.05) is 0 Å². The largest absolute Gasteiger partial charge is 0.465 e. The van der Waals surface area contributed by atoms with Crippen LogP contribution in [0.5, 0.6) is 0 Å². The molecule has 0 bridgehead atoms. The SMILES string of the molecule is CCOC(=O)CN1C(=O)C/C(=C\c2cccnc2)C1=O. The zero-order chi connectivity index (χ0) is 14.5. The fourth-order valence-corrected chi connectivity index (χ4v) is 1.89. The van der Waals surface area contributed by atoms with Gasteiger partial charge in [0.15, 0.2) is 0 Å². The molecule has 1 aliphatic rings. The number of ether oxygens (including phenoxy) is 1. The molecule has 6 nitrogen and oxygen atoms in total. The molecule has 2 rings (SSSR count). The number of amides is 2. The molecule has 0 unspecified atom stereocenters. The standard InChI is InChI=1S/C14H14N2O4/c1-2-20-13(18)9-16-12(17)7-11(14(16)19)6-10-4-3-5-15-8-10/h3-6,8H,2,7,9H2,1H3/b11-6+. The number of nitrogens with zero attached hydrogens (tertiary/aromatic N) is 2. The molecule has 0 radical (unpaired) electrons. The van der Waals surface area contributed by atoms with Gasteiger partial charge in [-0.1, -0.05) is 6.07 Å². The topological polar surface area (TPSA) is 76.6 Å². The maximum absolute atomic E-state index is 12.1. The Morgan fingerprint density at radius 1 is 1.50 bits per heavy atom. The van der Waals surface area contributed by atoms with Crippen molar-refractivity contribution in [1.82, 2.24) is 9.88 Å². The van der Waals surface area contributed by atoms with E-state index >= 15 is 0 Å². The predicted octanol–water partition coefficient (Wildman–Crippen LogP) is 0.787. The Labute approximate surface area is 116 Å². The van der Waals surface area contributed by atoms with Crippen LogP contribution in [0.25, 0.3) is 6.08 Å². The first-order chi connectivity index (χ1) is 9.61. The van der Waals surface area contributed by atoms with Gasteiger partial charge in [0.2, 0.25) is 5.91 Å².